The van der Waals surface area contributed by atoms with Crippen molar-refractivity contribution in [3.63, 3.8) is 0 Å². The third-order valence-electron chi connectivity index (χ3n) is 0.786. The molecule has 0 saturated heterocycles. The average molecular weight is 143 g/mol. The number of carbonyl (C=O) groups is 1. The van der Waals surface area contributed by atoms with Gasteiger partial charge in [0, 0.05) is 0 Å². The third-order valence-corrected chi connectivity index (χ3v) is 0.786. The number of hydrogen-bond acceptors (Lipinski definition) is 5. The quantitative estimate of drug-likeness (QED) is 0.566. The van der Waals surface area contributed by atoms with E-state index in [-0.39, 0.29) is 18.3 Å². The van der Waals surface area contributed by atoms with Crippen molar-refractivity contribution in [3.8, 4) is 0 Å². The number of carboxylic acids is 1. The van der Waals surface area contributed by atoms with E-state index in [4.69, 9.17) is 10.8 Å². The van der Waals surface area contributed by atoms with Crippen molar-refractivity contribution >= 4 is 11.9 Å². The summed E-state index contributed by atoms with van der Waals surface area (Å²) < 4.78 is 4.41. The number of nitrogen functional groups attached to an aromatic ring is 1. The highest BCUT2D eigenvalue weighted by Gasteiger charge is 2.06. The summed E-state index contributed by atoms with van der Waals surface area (Å²) in [4.78, 5) is 13.5. The van der Waals surface area contributed by atoms with Gasteiger partial charge in [0.25, 0.3) is 5.95 Å². The lowest BCUT2D eigenvalue weighted by atomic mass is 10.4. The second kappa shape index (κ2) is 2.34. The summed E-state index contributed by atoms with van der Waals surface area (Å²) in [6.45, 7) is 0. The van der Waals surface area contributed by atoms with Crippen LogP contribution < -0.4 is 5.73 Å². The topological polar surface area (TPSA) is 102 Å². The summed E-state index contributed by atoms with van der Waals surface area (Å²) in [6, 6.07) is 0. The Bertz CT molecular complexity index is 244. The molecule has 1 heterocycles. The van der Waals surface area contributed by atoms with Crippen molar-refractivity contribution in [1.82, 2.24) is 10.1 Å². The van der Waals surface area contributed by atoms with Gasteiger partial charge in [-0.2, -0.15) is 4.98 Å². The van der Waals surface area contributed by atoms with Gasteiger partial charge in [0.1, 0.15) is 6.42 Å². The Morgan fingerprint density at radius 1 is 1.80 bits per heavy atom. The second-order valence-corrected chi connectivity index (χ2v) is 1.62. The molecule has 3 N–H and O–H groups in total. The molecule has 0 atom stereocenters. The minimum absolute atomic E-state index is 0.0185. The van der Waals surface area contributed by atoms with Crippen LogP contribution in [-0.2, 0) is 11.2 Å². The van der Waals surface area contributed by atoms with E-state index in [1.54, 1.807) is 0 Å². The summed E-state index contributed by atoms with van der Waals surface area (Å²) in [5.41, 5.74) is 5.05. The van der Waals surface area contributed by atoms with Crippen LogP contribution in [0.1, 0.15) is 5.89 Å². The zero-order chi connectivity index (χ0) is 7.56. The molecular formula is C4H5N3O3. The number of anilines is 1. The van der Waals surface area contributed by atoms with Gasteiger partial charge in [-0.15, -0.1) is 0 Å². The molecule has 0 aromatic carbocycles. The Hall–Kier alpha value is -1.59. The van der Waals surface area contributed by atoms with Gasteiger partial charge in [0.15, 0.2) is 0 Å². The van der Waals surface area contributed by atoms with Crippen molar-refractivity contribution in [3.05, 3.63) is 5.89 Å². The van der Waals surface area contributed by atoms with Crippen LogP contribution in [0.3, 0.4) is 0 Å². The largest absolute Gasteiger partial charge is 0.481 e. The number of carboxylic acid groups (broad SMARTS) is 1. The zero-order valence-electron chi connectivity index (χ0n) is 4.94. The number of nitrogens with zero attached hydrogens (tertiary/aromatic N) is 2. The van der Waals surface area contributed by atoms with Crippen molar-refractivity contribution in [2.75, 3.05) is 5.73 Å². The molecule has 0 fully saturated rings. The maximum atomic E-state index is 10.0. The Morgan fingerprint density at radius 2 is 2.50 bits per heavy atom. The van der Waals surface area contributed by atoms with Gasteiger partial charge in [0.05, 0.1) is 0 Å². The molecule has 0 aliphatic rings. The molecule has 0 saturated carbocycles. The standard InChI is InChI=1S/C4H5N3O3/c5-4-6-2(10-7-4)1-3(8)9/h1H2,(H2,5,7)(H,8,9). The molecule has 1 aromatic rings. The van der Waals surface area contributed by atoms with E-state index in [1.807, 2.05) is 0 Å². The van der Waals surface area contributed by atoms with Crippen molar-refractivity contribution in [1.29, 1.82) is 0 Å². The molecule has 6 heteroatoms. The first-order valence-corrected chi connectivity index (χ1v) is 2.48. The molecular weight excluding hydrogens is 138 g/mol. The minimum atomic E-state index is -1.02. The number of rotatable bonds is 2. The van der Waals surface area contributed by atoms with Gasteiger partial charge in [-0.1, -0.05) is 0 Å². The van der Waals surface area contributed by atoms with Gasteiger partial charge in [0.2, 0.25) is 5.89 Å². The minimum Gasteiger partial charge on any atom is -0.481 e. The second-order valence-electron chi connectivity index (χ2n) is 1.62. The fourth-order valence-electron chi connectivity index (χ4n) is 0.469. The molecule has 0 radical (unpaired) electrons. The highest BCUT2D eigenvalue weighted by molar-refractivity contribution is 5.68. The highest BCUT2D eigenvalue weighted by Crippen LogP contribution is 1.97. The summed E-state index contributed by atoms with van der Waals surface area (Å²) >= 11 is 0. The first-order valence-electron chi connectivity index (χ1n) is 2.48. The lowest BCUT2D eigenvalue weighted by molar-refractivity contribution is -0.136. The van der Waals surface area contributed by atoms with Gasteiger partial charge >= 0.3 is 5.97 Å². The van der Waals surface area contributed by atoms with Crippen LogP contribution in [0.15, 0.2) is 4.52 Å². The van der Waals surface area contributed by atoms with E-state index in [1.165, 1.54) is 0 Å². The molecule has 0 bridgehead atoms. The van der Waals surface area contributed by atoms with E-state index in [0.29, 0.717) is 0 Å². The maximum absolute atomic E-state index is 10.0. The monoisotopic (exact) mass is 143 g/mol. The maximum Gasteiger partial charge on any atom is 0.312 e. The zero-order valence-corrected chi connectivity index (χ0v) is 4.94. The van der Waals surface area contributed by atoms with Gasteiger partial charge < -0.3 is 15.4 Å². The summed E-state index contributed by atoms with van der Waals surface area (Å²) in [5, 5.41) is 11.4. The smallest absolute Gasteiger partial charge is 0.312 e. The predicted molar refractivity (Wildman–Crippen MR) is 30.1 cm³/mol. The number of nitrogens with two attached hydrogens (primary N) is 1. The lowest BCUT2D eigenvalue weighted by Crippen LogP contribution is -2.00. The lowest BCUT2D eigenvalue weighted by Gasteiger charge is -1.81. The van der Waals surface area contributed by atoms with Crippen LogP contribution in [0.4, 0.5) is 5.95 Å². The molecule has 54 valence electrons. The SMILES string of the molecule is Nc1noc(CC(=O)O)n1. The van der Waals surface area contributed by atoms with E-state index < -0.39 is 5.97 Å². The van der Waals surface area contributed by atoms with Gasteiger partial charge in [-0.05, 0) is 5.16 Å². The van der Waals surface area contributed by atoms with Crippen LogP contribution >= 0.6 is 0 Å². The molecule has 0 aliphatic heterocycles. The molecule has 0 spiro atoms. The van der Waals surface area contributed by atoms with Gasteiger partial charge in [-0.3, -0.25) is 4.79 Å². The highest BCUT2D eigenvalue weighted by atomic mass is 16.5. The van der Waals surface area contributed by atoms with Crippen LogP contribution in [0, 0.1) is 0 Å². The first kappa shape index (κ1) is 6.53. The van der Waals surface area contributed by atoms with Crippen LogP contribution in [0.2, 0.25) is 0 Å². The van der Waals surface area contributed by atoms with Crippen molar-refractivity contribution < 1.29 is 14.4 Å². The number of aliphatic carboxylic acids is 1. The summed E-state index contributed by atoms with van der Waals surface area (Å²) in [5.74, 6) is -1.05. The molecule has 6 nitrogen and oxygen atoms in total. The van der Waals surface area contributed by atoms with E-state index >= 15 is 0 Å². The summed E-state index contributed by atoms with van der Waals surface area (Å²) in [7, 11) is 0. The van der Waals surface area contributed by atoms with Crippen LogP contribution in [0.25, 0.3) is 0 Å². The fraction of sp³-hybridized carbons (Fsp3) is 0.250. The summed E-state index contributed by atoms with van der Waals surface area (Å²) in [6.07, 6.45) is -0.288. The molecule has 10 heavy (non-hydrogen) atoms. The number of aromatic nitrogens is 2. The van der Waals surface area contributed by atoms with Crippen molar-refractivity contribution in [2.24, 2.45) is 0 Å². The fourth-order valence-corrected chi connectivity index (χ4v) is 0.469. The first-order chi connectivity index (χ1) is 4.68. The molecule has 0 amide bonds. The van der Waals surface area contributed by atoms with Crippen LogP contribution in [-0.4, -0.2) is 21.2 Å². The number of hydrogen-bond donors (Lipinski definition) is 2. The Morgan fingerprint density at radius 3 is 2.90 bits per heavy atom. The molecule has 1 aromatic heterocycles. The normalized spacial score (nSPS) is 9.60. The van der Waals surface area contributed by atoms with Crippen molar-refractivity contribution in [2.45, 2.75) is 6.42 Å². The third kappa shape index (κ3) is 1.44. The Balaban J connectivity index is 2.67. The van der Waals surface area contributed by atoms with E-state index in [2.05, 4.69) is 14.7 Å². The Kier molecular flexibility index (Phi) is 1.53. The molecule has 1 rings (SSSR count). The van der Waals surface area contributed by atoms with Gasteiger partial charge in [-0.25, -0.2) is 0 Å². The molecule has 0 unspecified atom stereocenters. The van der Waals surface area contributed by atoms with E-state index in [0.717, 1.165) is 0 Å². The Labute approximate surface area is 55.6 Å². The molecule has 0 aliphatic carbocycles. The average Bonchev–Trinajstić information content (AvgIpc) is 2.13. The van der Waals surface area contributed by atoms with Crippen LogP contribution in [0.5, 0.6) is 0 Å². The van der Waals surface area contributed by atoms with E-state index in [9.17, 15) is 4.79 Å². The predicted octanol–water partition coefficient (Wildman–Crippen LogP) is -0.721.